The Balaban J connectivity index is 1.52. The Kier molecular flexibility index (Phi) is 4.44. The Hall–Kier alpha value is -4.06. The van der Waals surface area contributed by atoms with Gasteiger partial charge in [0.1, 0.15) is 5.82 Å². The zero-order chi connectivity index (χ0) is 20.5. The minimum Gasteiger partial charge on any atom is -0.363 e. The van der Waals surface area contributed by atoms with E-state index in [-0.39, 0.29) is 0 Å². The first kappa shape index (κ1) is 18.0. The predicted octanol–water partition coefficient (Wildman–Crippen LogP) is 4.59. The molecule has 1 aromatic carbocycles. The van der Waals surface area contributed by atoms with Crippen LogP contribution in [0.3, 0.4) is 0 Å². The number of aromatic nitrogens is 5. The van der Waals surface area contributed by atoms with Gasteiger partial charge in [-0.2, -0.15) is 5.10 Å². The highest BCUT2D eigenvalue weighted by Gasteiger charge is 2.11. The van der Waals surface area contributed by atoms with E-state index in [1.165, 1.54) is 0 Å². The molecule has 4 aromatic heterocycles. The van der Waals surface area contributed by atoms with Crippen LogP contribution in [0.5, 0.6) is 0 Å². The summed E-state index contributed by atoms with van der Waals surface area (Å²) in [5, 5.41) is 4.65. The van der Waals surface area contributed by atoms with Crippen molar-refractivity contribution in [3.8, 4) is 33.6 Å². The van der Waals surface area contributed by atoms with E-state index in [0.29, 0.717) is 0 Å². The standard InChI is InChI=1S/C24H20N6/c1-29(2)23-9-8-19(14-26-23)20-13-24-27-16-22(30(24)28-15-20)18-10-11-25-21(12-18)17-6-4-3-5-7-17/h3-16H,1-2H3. The lowest BCUT2D eigenvalue weighted by atomic mass is 10.1. The lowest BCUT2D eigenvalue weighted by molar-refractivity contribution is 0.943. The molecule has 0 aliphatic rings. The monoisotopic (exact) mass is 392 g/mol. The molecule has 0 radical (unpaired) electrons. The van der Waals surface area contributed by atoms with Crippen molar-refractivity contribution in [2.45, 2.75) is 0 Å². The maximum absolute atomic E-state index is 4.65. The Bertz CT molecular complexity index is 1310. The van der Waals surface area contributed by atoms with Gasteiger partial charge in [-0.05, 0) is 30.3 Å². The third kappa shape index (κ3) is 3.28. The minimum absolute atomic E-state index is 0.789. The Morgan fingerprint density at radius 2 is 1.57 bits per heavy atom. The number of pyridine rings is 2. The van der Waals surface area contributed by atoms with Crippen molar-refractivity contribution in [2.24, 2.45) is 0 Å². The summed E-state index contributed by atoms with van der Waals surface area (Å²) in [5.74, 6) is 0.919. The summed E-state index contributed by atoms with van der Waals surface area (Å²) in [5.41, 5.74) is 6.74. The third-order valence-corrected chi connectivity index (χ3v) is 5.03. The van der Waals surface area contributed by atoms with E-state index in [1.807, 2.05) is 84.7 Å². The maximum atomic E-state index is 4.65. The molecule has 0 aliphatic heterocycles. The summed E-state index contributed by atoms with van der Waals surface area (Å²) in [6.07, 6.45) is 7.39. The molecule has 30 heavy (non-hydrogen) atoms. The second-order valence-electron chi connectivity index (χ2n) is 7.25. The molecule has 5 aromatic rings. The van der Waals surface area contributed by atoms with E-state index in [1.54, 1.807) is 0 Å². The summed E-state index contributed by atoms with van der Waals surface area (Å²) in [4.78, 5) is 15.6. The molecule has 0 bridgehead atoms. The Morgan fingerprint density at radius 1 is 0.700 bits per heavy atom. The van der Waals surface area contributed by atoms with Crippen LogP contribution in [0.2, 0.25) is 0 Å². The fourth-order valence-corrected chi connectivity index (χ4v) is 3.41. The van der Waals surface area contributed by atoms with E-state index in [2.05, 4.69) is 44.3 Å². The molecule has 0 spiro atoms. The highest BCUT2D eigenvalue weighted by molar-refractivity contribution is 5.72. The zero-order valence-corrected chi connectivity index (χ0v) is 16.8. The van der Waals surface area contributed by atoms with Crippen molar-refractivity contribution in [3.63, 3.8) is 0 Å². The second-order valence-corrected chi connectivity index (χ2v) is 7.25. The summed E-state index contributed by atoms with van der Waals surface area (Å²) in [7, 11) is 3.95. The second kappa shape index (κ2) is 7.40. The lowest BCUT2D eigenvalue weighted by Gasteiger charge is -2.11. The van der Waals surface area contributed by atoms with Crippen LogP contribution in [0, 0.1) is 0 Å². The smallest absolute Gasteiger partial charge is 0.154 e. The van der Waals surface area contributed by atoms with Crippen molar-refractivity contribution < 1.29 is 0 Å². The molecule has 0 atom stereocenters. The highest BCUT2D eigenvalue weighted by Crippen LogP contribution is 2.26. The molecular formula is C24H20N6. The van der Waals surface area contributed by atoms with Gasteiger partial charge in [-0.3, -0.25) is 4.98 Å². The van der Waals surface area contributed by atoms with Gasteiger partial charge in [0.25, 0.3) is 0 Å². The van der Waals surface area contributed by atoms with Crippen LogP contribution in [0.4, 0.5) is 5.82 Å². The van der Waals surface area contributed by atoms with Gasteiger partial charge in [-0.1, -0.05) is 30.3 Å². The molecule has 4 heterocycles. The van der Waals surface area contributed by atoms with Crippen molar-refractivity contribution >= 4 is 11.5 Å². The Morgan fingerprint density at radius 3 is 2.33 bits per heavy atom. The van der Waals surface area contributed by atoms with Gasteiger partial charge in [0.15, 0.2) is 5.65 Å². The summed E-state index contributed by atoms with van der Waals surface area (Å²) in [6.45, 7) is 0. The lowest BCUT2D eigenvalue weighted by Crippen LogP contribution is -2.10. The van der Waals surface area contributed by atoms with E-state index in [4.69, 9.17) is 0 Å². The molecule has 6 nitrogen and oxygen atoms in total. The quantitative estimate of drug-likeness (QED) is 0.448. The summed E-state index contributed by atoms with van der Waals surface area (Å²) < 4.78 is 1.86. The van der Waals surface area contributed by atoms with Gasteiger partial charge in [-0.25, -0.2) is 14.5 Å². The van der Waals surface area contributed by atoms with E-state index in [0.717, 1.165) is 45.1 Å². The minimum atomic E-state index is 0.789. The third-order valence-electron chi connectivity index (χ3n) is 5.03. The fraction of sp³-hybridized carbons (Fsp3) is 0.0833. The average molecular weight is 392 g/mol. The van der Waals surface area contributed by atoms with Crippen molar-refractivity contribution in [1.82, 2.24) is 24.6 Å². The number of anilines is 1. The molecule has 0 aliphatic carbocycles. The van der Waals surface area contributed by atoms with Crippen LogP contribution >= 0.6 is 0 Å². The maximum Gasteiger partial charge on any atom is 0.154 e. The van der Waals surface area contributed by atoms with E-state index in [9.17, 15) is 0 Å². The van der Waals surface area contributed by atoms with Gasteiger partial charge < -0.3 is 4.90 Å². The van der Waals surface area contributed by atoms with Crippen LogP contribution in [-0.4, -0.2) is 38.7 Å². The highest BCUT2D eigenvalue weighted by atomic mass is 15.3. The van der Waals surface area contributed by atoms with Crippen LogP contribution in [0.15, 0.2) is 85.5 Å². The molecule has 0 unspecified atom stereocenters. The van der Waals surface area contributed by atoms with Gasteiger partial charge in [0, 0.05) is 48.7 Å². The molecule has 6 heteroatoms. The van der Waals surface area contributed by atoms with E-state index < -0.39 is 0 Å². The summed E-state index contributed by atoms with van der Waals surface area (Å²) >= 11 is 0. The van der Waals surface area contributed by atoms with Gasteiger partial charge in [0.2, 0.25) is 0 Å². The number of imidazole rings is 1. The van der Waals surface area contributed by atoms with Crippen molar-refractivity contribution in [3.05, 3.63) is 85.5 Å². The number of hydrogen-bond donors (Lipinski definition) is 0. The number of fused-ring (bicyclic) bond motifs is 1. The molecule has 0 saturated carbocycles. The van der Waals surface area contributed by atoms with Crippen LogP contribution in [0.1, 0.15) is 0 Å². The van der Waals surface area contributed by atoms with Gasteiger partial charge in [0.05, 0.1) is 23.8 Å². The molecule has 146 valence electrons. The Labute approximate surface area is 174 Å². The largest absolute Gasteiger partial charge is 0.363 e. The van der Waals surface area contributed by atoms with Crippen LogP contribution < -0.4 is 4.90 Å². The van der Waals surface area contributed by atoms with Gasteiger partial charge >= 0.3 is 0 Å². The first-order chi connectivity index (χ1) is 14.7. The van der Waals surface area contributed by atoms with Crippen molar-refractivity contribution in [1.29, 1.82) is 0 Å². The molecule has 0 N–H and O–H groups in total. The zero-order valence-electron chi connectivity index (χ0n) is 16.8. The SMILES string of the molecule is CN(C)c1ccc(-c2cnn3c(-c4ccnc(-c5ccccc5)c4)cnc3c2)cn1. The average Bonchev–Trinajstić information content (AvgIpc) is 3.23. The molecule has 5 rings (SSSR count). The normalized spacial score (nSPS) is 11.0. The van der Waals surface area contributed by atoms with Gasteiger partial charge in [-0.15, -0.1) is 0 Å². The first-order valence-corrected chi connectivity index (χ1v) is 9.68. The van der Waals surface area contributed by atoms with Crippen LogP contribution in [0.25, 0.3) is 39.3 Å². The van der Waals surface area contributed by atoms with Crippen LogP contribution in [-0.2, 0) is 0 Å². The number of rotatable bonds is 4. The molecule has 0 fully saturated rings. The van der Waals surface area contributed by atoms with E-state index >= 15 is 0 Å². The molecule has 0 saturated heterocycles. The first-order valence-electron chi connectivity index (χ1n) is 9.68. The molecule has 0 amide bonds. The number of benzene rings is 1. The predicted molar refractivity (Wildman–Crippen MR) is 119 cm³/mol. The number of nitrogens with zero attached hydrogens (tertiary/aromatic N) is 6. The summed E-state index contributed by atoms with van der Waals surface area (Å²) in [6, 6.07) is 20.3. The topological polar surface area (TPSA) is 59.2 Å². The van der Waals surface area contributed by atoms with Crippen molar-refractivity contribution in [2.75, 3.05) is 19.0 Å². The molecular weight excluding hydrogens is 372 g/mol. The fourth-order valence-electron chi connectivity index (χ4n) is 3.41. The number of hydrogen-bond acceptors (Lipinski definition) is 5.